The van der Waals surface area contributed by atoms with Crippen LogP contribution in [-0.4, -0.2) is 20.6 Å². The molecule has 0 aliphatic heterocycles. The van der Waals surface area contributed by atoms with Crippen molar-refractivity contribution < 1.29 is 0 Å². The van der Waals surface area contributed by atoms with Crippen LogP contribution in [0, 0.1) is 0 Å². The minimum Gasteiger partial charge on any atom is -0.330 e. The van der Waals surface area contributed by atoms with E-state index in [0.29, 0.717) is 0 Å². The van der Waals surface area contributed by atoms with E-state index in [1.807, 2.05) is 30.7 Å². The zero-order chi connectivity index (χ0) is 14.7. The van der Waals surface area contributed by atoms with Crippen molar-refractivity contribution in [3.8, 4) is 0 Å². The number of fused-ring (bicyclic) bond motifs is 1. The lowest BCUT2D eigenvalue weighted by atomic mass is 10.1. The Balaban J connectivity index is 1.91. The van der Waals surface area contributed by atoms with E-state index in [4.69, 9.17) is 5.73 Å². The molecule has 4 nitrogen and oxygen atoms in total. The Hall–Kier alpha value is -2.20. The van der Waals surface area contributed by atoms with Gasteiger partial charge in [-0.05, 0) is 24.1 Å². The van der Waals surface area contributed by atoms with Gasteiger partial charge >= 0.3 is 0 Å². The molecule has 0 saturated carbocycles. The van der Waals surface area contributed by atoms with E-state index in [2.05, 4.69) is 39.7 Å². The van der Waals surface area contributed by atoms with Gasteiger partial charge in [-0.1, -0.05) is 25.1 Å². The van der Waals surface area contributed by atoms with Crippen molar-refractivity contribution in [2.45, 2.75) is 32.4 Å². The van der Waals surface area contributed by atoms with Crippen molar-refractivity contribution in [2.75, 3.05) is 0 Å². The largest absolute Gasteiger partial charge is 0.330 e. The minimum absolute atomic E-state index is 0.167. The summed E-state index contributed by atoms with van der Waals surface area (Å²) in [4.78, 5) is 8.86. The van der Waals surface area contributed by atoms with E-state index >= 15 is 0 Å². The van der Waals surface area contributed by atoms with E-state index in [1.165, 1.54) is 10.9 Å². The van der Waals surface area contributed by atoms with Crippen LogP contribution in [0.4, 0.5) is 0 Å². The molecule has 1 unspecified atom stereocenters. The SMILES string of the molecule is CCC(N)Cc1nccn1Cc1ccnc2ccccc12. The molecular formula is C17H20N4. The number of para-hydroxylation sites is 1. The van der Waals surface area contributed by atoms with Crippen LogP contribution in [0.15, 0.2) is 48.9 Å². The summed E-state index contributed by atoms with van der Waals surface area (Å²) >= 11 is 0. The third-order valence-corrected chi connectivity index (χ3v) is 3.85. The summed E-state index contributed by atoms with van der Waals surface area (Å²) < 4.78 is 2.18. The summed E-state index contributed by atoms with van der Waals surface area (Å²) in [6.45, 7) is 2.91. The second-order valence-electron chi connectivity index (χ2n) is 5.33. The lowest BCUT2D eigenvalue weighted by molar-refractivity contribution is 0.598. The summed E-state index contributed by atoms with van der Waals surface area (Å²) in [5.74, 6) is 1.05. The maximum absolute atomic E-state index is 6.05. The molecule has 0 bridgehead atoms. The molecule has 2 heterocycles. The number of aromatic nitrogens is 3. The molecule has 0 fully saturated rings. The van der Waals surface area contributed by atoms with Gasteiger partial charge in [0.25, 0.3) is 0 Å². The number of imidazole rings is 1. The first kappa shape index (κ1) is 13.8. The highest BCUT2D eigenvalue weighted by atomic mass is 15.1. The van der Waals surface area contributed by atoms with Crippen LogP contribution < -0.4 is 5.73 Å². The zero-order valence-electron chi connectivity index (χ0n) is 12.2. The van der Waals surface area contributed by atoms with Crippen molar-refractivity contribution >= 4 is 10.9 Å². The molecular weight excluding hydrogens is 260 g/mol. The van der Waals surface area contributed by atoms with Gasteiger partial charge in [0.15, 0.2) is 0 Å². The first-order valence-corrected chi connectivity index (χ1v) is 7.36. The Labute approximate surface area is 124 Å². The van der Waals surface area contributed by atoms with Crippen LogP contribution in [0.2, 0.25) is 0 Å². The molecule has 2 N–H and O–H groups in total. The highest BCUT2D eigenvalue weighted by molar-refractivity contribution is 5.81. The molecule has 0 amide bonds. The quantitative estimate of drug-likeness (QED) is 0.782. The topological polar surface area (TPSA) is 56.7 Å². The average molecular weight is 280 g/mol. The number of benzene rings is 1. The summed E-state index contributed by atoms with van der Waals surface area (Å²) in [6.07, 6.45) is 7.51. The lowest BCUT2D eigenvalue weighted by Crippen LogP contribution is -2.23. The Bertz CT molecular complexity index is 727. The lowest BCUT2D eigenvalue weighted by Gasteiger charge is -2.12. The maximum Gasteiger partial charge on any atom is 0.110 e. The number of nitrogens with zero attached hydrogens (tertiary/aromatic N) is 3. The predicted octanol–water partition coefficient (Wildman–Crippen LogP) is 2.76. The number of nitrogens with two attached hydrogens (primary N) is 1. The van der Waals surface area contributed by atoms with E-state index in [0.717, 1.165) is 30.7 Å². The normalized spacial score (nSPS) is 12.7. The predicted molar refractivity (Wildman–Crippen MR) is 85.0 cm³/mol. The molecule has 3 rings (SSSR count). The van der Waals surface area contributed by atoms with E-state index in [9.17, 15) is 0 Å². The van der Waals surface area contributed by atoms with Crippen LogP contribution in [0.3, 0.4) is 0 Å². The third kappa shape index (κ3) is 2.95. The monoisotopic (exact) mass is 280 g/mol. The Kier molecular flexibility index (Phi) is 3.97. The van der Waals surface area contributed by atoms with Crippen molar-refractivity contribution in [1.82, 2.24) is 14.5 Å². The number of pyridine rings is 1. The Morgan fingerprint density at radius 3 is 2.86 bits per heavy atom. The fraction of sp³-hybridized carbons (Fsp3) is 0.294. The summed E-state index contributed by atoms with van der Waals surface area (Å²) in [6, 6.07) is 10.5. The van der Waals surface area contributed by atoms with Gasteiger partial charge in [0.1, 0.15) is 5.82 Å². The zero-order valence-corrected chi connectivity index (χ0v) is 12.2. The molecule has 3 aromatic rings. The highest BCUT2D eigenvalue weighted by Gasteiger charge is 2.09. The number of hydrogen-bond acceptors (Lipinski definition) is 3. The first-order chi connectivity index (χ1) is 10.3. The second-order valence-corrected chi connectivity index (χ2v) is 5.33. The molecule has 21 heavy (non-hydrogen) atoms. The fourth-order valence-corrected chi connectivity index (χ4v) is 2.53. The fourth-order valence-electron chi connectivity index (χ4n) is 2.53. The van der Waals surface area contributed by atoms with Crippen molar-refractivity contribution in [3.63, 3.8) is 0 Å². The van der Waals surface area contributed by atoms with Crippen LogP contribution in [-0.2, 0) is 13.0 Å². The van der Waals surface area contributed by atoms with Gasteiger partial charge in [-0.3, -0.25) is 4.98 Å². The van der Waals surface area contributed by atoms with Crippen molar-refractivity contribution in [1.29, 1.82) is 0 Å². The van der Waals surface area contributed by atoms with Gasteiger partial charge in [0, 0.05) is 43.0 Å². The third-order valence-electron chi connectivity index (χ3n) is 3.85. The Morgan fingerprint density at radius 2 is 2.00 bits per heavy atom. The van der Waals surface area contributed by atoms with Crippen LogP contribution >= 0.6 is 0 Å². The Morgan fingerprint density at radius 1 is 1.14 bits per heavy atom. The molecule has 1 atom stereocenters. The van der Waals surface area contributed by atoms with Crippen molar-refractivity contribution in [3.05, 3.63) is 60.3 Å². The van der Waals surface area contributed by atoms with Crippen LogP contribution in [0.1, 0.15) is 24.7 Å². The van der Waals surface area contributed by atoms with Gasteiger partial charge in [-0.25, -0.2) is 4.98 Å². The van der Waals surface area contributed by atoms with Gasteiger partial charge < -0.3 is 10.3 Å². The van der Waals surface area contributed by atoms with Crippen LogP contribution in [0.5, 0.6) is 0 Å². The van der Waals surface area contributed by atoms with Gasteiger partial charge in [0.05, 0.1) is 5.52 Å². The second kappa shape index (κ2) is 6.06. The molecule has 108 valence electrons. The number of hydrogen-bond donors (Lipinski definition) is 1. The van der Waals surface area contributed by atoms with E-state index < -0.39 is 0 Å². The van der Waals surface area contributed by atoms with Gasteiger partial charge in [-0.2, -0.15) is 0 Å². The summed E-state index contributed by atoms with van der Waals surface area (Å²) in [7, 11) is 0. The van der Waals surface area contributed by atoms with Gasteiger partial charge in [0.2, 0.25) is 0 Å². The summed E-state index contributed by atoms with van der Waals surface area (Å²) in [5.41, 5.74) is 8.34. The molecule has 0 spiro atoms. The maximum atomic E-state index is 6.05. The molecule has 0 radical (unpaired) electrons. The van der Waals surface area contributed by atoms with E-state index in [1.54, 1.807) is 0 Å². The minimum atomic E-state index is 0.167. The molecule has 0 aliphatic rings. The molecule has 1 aromatic carbocycles. The molecule has 0 saturated heterocycles. The summed E-state index contributed by atoms with van der Waals surface area (Å²) in [5, 5.41) is 1.19. The smallest absolute Gasteiger partial charge is 0.110 e. The van der Waals surface area contributed by atoms with Crippen LogP contribution in [0.25, 0.3) is 10.9 Å². The number of rotatable bonds is 5. The molecule has 0 aliphatic carbocycles. The molecule has 4 heteroatoms. The van der Waals surface area contributed by atoms with Crippen molar-refractivity contribution in [2.24, 2.45) is 5.73 Å². The average Bonchev–Trinajstić information content (AvgIpc) is 2.94. The standard InChI is InChI=1S/C17H20N4/c1-2-14(18)11-17-20-9-10-21(17)12-13-7-8-19-16-6-4-3-5-15(13)16/h3-10,14H,2,11-12,18H2,1H3. The van der Waals surface area contributed by atoms with E-state index in [-0.39, 0.29) is 6.04 Å². The first-order valence-electron chi connectivity index (χ1n) is 7.36. The van der Waals surface area contributed by atoms with Gasteiger partial charge in [-0.15, -0.1) is 0 Å². The molecule has 2 aromatic heterocycles. The highest BCUT2D eigenvalue weighted by Crippen LogP contribution is 2.18.